The topological polar surface area (TPSA) is 89.9 Å². The molecular formula is C33H50O6. The Morgan fingerprint density at radius 2 is 1.56 bits per heavy atom. The van der Waals surface area contributed by atoms with Crippen molar-refractivity contribution in [2.75, 3.05) is 7.11 Å². The van der Waals surface area contributed by atoms with Gasteiger partial charge in [-0.1, -0.05) is 53.2 Å². The van der Waals surface area contributed by atoms with E-state index < -0.39 is 22.2 Å². The van der Waals surface area contributed by atoms with Crippen LogP contribution in [0.2, 0.25) is 0 Å². The molecule has 4 saturated carbocycles. The monoisotopic (exact) mass is 542 g/mol. The van der Waals surface area contributed by atoms with Crippen molar-refractivity contribution < 1.29 is 29.0 Å². The summed E-state index contributed by atoms with van der Waals surface area (Å²) in [4.78, 5) is 39.1. The van der Waals surface area contributed by atoms with Gasteiger partial charge in [0.05, 0.1) is 17.9 Å². The van der Waals surface area contributed by atoms with E-state index >= 15 is 0 Å². The van der Waals surface area contributed by atoms with Crippen molar-refractivity contribution >= 4 is 17.9 Å². The Labute approximate surface area is 234 Å². The third-order valence-electron chi connectivity index (χ3n) is 13.3. The average molecular weight is 543 g/mol. The van der Waals surface area contributed by atoms with E-state index in [0.717, 1.165) is 56.9 Å². The largest absolute Gasteiger partial charge is 0.481 e. The minimum atomic E-state index is -0.976. The highest BCUT2D eigenvalue weighted by molar-refractivity contribution is 5.84. The van der Waals surface area contributed by atoms with Gasteiger partial charge in [0.15, 0.2) is 0 Å². The number of carbonyl (C=O) groups is 3. The van der Waals surface area contributed by atoms with Crippen LogP contribution in [0.1, 0.15) is 113 Å². The van der Waals surface area contributed by atoms with E-state index in [0.29, 0.717) is 18.8 Å². The molecule has 0 radical (unpaired) electrons. The van der Waals surface area contributed by atoms with Crippen LogP contribution in [0.3, 0.4) is 0 Å². The molecule has 0 aromatic rings. The molecule has 0 heterocycles. The molecule has 218 valence electrons. The summed E-state index contributed by atoms with van der Waals surface area (Å²) in [5.74, 6) is -0.636. The first-order valence-corrected chi connectivity index (χ1v) is 15.2. The van der Waals surface area contributed by atoms with Crippen LogP contribution in [0.5, 0.6) is 0 Å². The molecule has 6 nitrogen and oxygen atoms in total. The van der Waals surface area contributed by atoms with Gasteiger partial charge in [0.2, 0.25) is 0 Å². The summed E-state index contributed by atoms with van der Waals surface area (Å²) >= 11 is 0. The second kappa shape index (κ2) is 8.82. The van der Waals surface area contributed by atoms with Crippen molar-refractivity contribution in [1.29, 1.82) is 0 Å². The van der Waals surface area contributed by atoms with Gasteiger partial charge < -0.3 is 14.6 Å². The number of aliphatic carboxylic acids is 1. The van der Waals surface area contributed by atoms with Gasteiger partial charge >= 0.3 is 17.9 Å². The lowest BCUT2D eigenvalue weighted by atomic mass is 9.33. The van der Waals surface area contributed by atoms with Crippen LogP contribution in [0.25, 0.3) is 0 Å². The zero-order valence-corrected chi connectivity index (χ0v) is 25.4. The molecule has 4 fully saturated rings. The highest BCUT2D eigenvalue weighted by atomic mass is 16.5. The molecule has 5 aliphatic rings. The molecule has 6 heteroatoms. The number of fused-ring (bicyclic) bond motifs is 7. The number of carboxylic acid groups (broad SMARTS) is 1. The summed E-state index contributed by atoms with van der Waals surface area (Å²) in [6, 6.07) is 0. The fourth-order valence-electron chi connectivity index (χ4n) is 11.3. The van der Waals surface area contributed by atoms with E-state index in [-0.39, 0.29) is 46.1 Å². The number of carboxylic acids is 1. The normalized spacial score (nSPS) is 45.8. The molecule has 0 amide bonds. The molecule has 0 aromatic heterocycles. The van der Waals surface area contributed by atoms with E-state index in [1.807, 2.05) is 0 Å². The molecule has 5 rings (SSSR count). The molecule has 39 heavy (non-hydrogen) atoms. The number of allylic oxidation sites excluding steroid dienone is 1. The van der Waals surface area contributed by atoms with Gasteiger partial charge in [-0.25, -0.2) is 0 Å². The van der Waals surface area contributed by atoms with E-state index in [2.05, 4.69) is 47.6 Å². The average Bonchev–Trinajstić information content (AvgIpc) is 2.84. The molecule has 0 aliphatic heterocycles. The van der Waals surface area contributed by atoms with Crippen LogP contribution in [0, 0.1) is 50.2 Å². The molecule has 8 atom stereocenters. The highest BCUT2D eigenvalue weighted by Gasteiger charge is 2.73. The van der Waals surface area contributed by atoms with Gasteiger partial charge in [-0.05, 0) is 98.2 Å². The molecule has 0 aromatic carbocycles. The van der Waals surface area contributed by atoms with Crippen LogP contribution < -0.4 is 0 Å². The molecular weight excluding hydrogens is 492 g/mol. The Kier molecular flexibility index (Phi) is 6.49. The second-order valence-electron chi connectivity index (χ2n) is 15.7. The minimum absolute atomic E-state index is 0.0467. The number of esters is 2. The zero-order valence-electron chi connectivity index (χ0n) is 25.4. The quantitative estimate of drug-likeness (QED) is 0.306. The molecule has 0 bridgehead atoms. The number of rotatable bonds is 3. The summed E-state index contributed by atoms with van der Waals surface area (Å²) < 4.78 is 11.3. The maximum Gasteiger partial charge on any atom is 0.314 e. The zero-order chi connectivity index (χ0) is 28.8. The van der Waals surface area contributed by atoms with Crippen molar-refractivity contribution in [1.82, 2.24) is 0 Å². The number of hydrogen-bond donors (Lipinski definition) is 1. The van der Waals surface area contributed by atoms with Crippen molar-refractivity contribution in [3.05, 3.63) is 11.6 Å². The summed E-state index contributed by atoms with van der Waals surface area (Å²) in [5.41, 5.74) is -1.18. The van der Waals surface area contributed by atoms with Gasteiger partial charge in [0.1, 0.15) is 6.10 Å². The first-order valence-electron chi connectivity index (χ1n) is 15.2. The van der Waals surface area contributed by atoms with E-state index in [4.69, 9.17) is 9.47 Å². The van der Waals surface area contributed by atoms with Crippen molar-refractivity contribution in [2.45, 2.75) is 119 Å². The molecule has 5 aliphatic carbocycles. The number of hydrogen-bond acceptors (Lipinski definition) is 5. The SMILES string of the molecule is COC(=O)[C@]12CCC(C)(C)C[C@H]1C1=CC[C@@H]3[C@@]4(C)CC[C@@H](OC(C)=O)C(C)(C)[C@@H]4CC[C@@]3(C)[C@]1(C(=O)O)CC2. The third kappa shape index (κ3) is 3.67. The third-order valence-corrected chi connectivity index (χ3v) is 13.3. The lowest BCUT2D eigenvalue weighted by molar-refractivity contribution is -0.221. The van der Waals surface area contributed by atoms with Crippen LogP contribution in [0.4, 0.5) is 0 Å². The van der Waals surface area contributed by atoms with Crippen molar-refractivity contribution in [3.63, 3.8) is 0 Å². The minimum Gasteiger partial charge on any atom is -0.481 e. The first kappa shape index (κ1) is 28.7. The number of methoxy groups -OCH3 is 1. The number of ether oxygens (including phenoxy) is 2. The second-order valence-corrected chi connectivity index (χ2v) is 15.7. The summed E-state index contributed by atoms with van der Waals surface area (Å²) in [6.07, 6.45) is 10.1. The van der Waals surface area contributed by atoms with Crippen molar-refractivity contribution in [3.8, 4) is 0 Å². The van der Waals surface area contributed by atoms with E-state index in [1.165, 1.54) is 14.0 Å². The Morgan fingerprint density at radius 1 is 0.897 bits per heavy atom. The van der Waals surface area contributed by atoms with E-state index in [9.17, 15) is 19.5 Å². The van der Waals surface area contributed by atoms with Crippen LogP contribution in [-0.4, -0.2) is 36.2 Å². The standard InChI is InChI=1S/C33H50O6/c1-20(34)39-25-12-13-30(6)23(29(25,4)5)11-14-31(7)24(30)10-9-21-22-19-28(2,3)15-16-32(22,27(37)38-8)17-18-33(21,31)26(35)36/h9,22-25H,10-19H2,1-8H3,(H,35,36)/t22-,23-,24+,25+,30-,31+,32-,33+/m0/s1. The smallest absolute Gasteiger partial charge is 0.314 e. The van der Waals surface area contributed by atoms with Crippen LogP contribution in [0.15, 0.2) is 11.6 Å². The molecule has 0 unspecified atom stereocenters. The van der Waals surface area contributed by atoms with Gasteiger partial charge in [-0.15, -0.1) is 0 Å². The Balaban J connectivity index is 1.62. The maximum absolute atomic E-state index is 13.7. The van der Waals surface area contributed by atoms with Crippen LogP contribution in [-0.2, 0) is 23.9 Å². The summed E-state index contributed by atoms with van der Waals surface area (Å²) in [6.45, 7) is 15.2. The first-order chi connectivity index (χ1) is 18.0. The highest BCUT2D eigenvalue weighted by Crippen LogP contribution is 2.76. The Hall–Kier alpha value is -1.85. The molecule has 1 N–H and O–H groups in total. The Morgan fingerprint density at radius 3 is 2.18 bits per heavy atom. The predicted octanol–water partition coefficient (Wildman–Crippen LogP) is 6.96. The summed E-state index contributed by atoms with van der Waals surface area (Å²) in [5, 5.41) is 11.2. The predicted molar refractivity (Wildman–Crippen MR) is 149 cm³/mol. The fourth-order valence-corrected chi connectivity index (χ4v) is 11.3. The van der Waals surface area contributed by atoms with E-state index in [1.54, 1.807) is 0 Å². The van der Waals surface area contributed by atoms with Crippen LogP contribution >= 0.6 is 0 Å². The van der Waals surface area contributed by atoms with Gasteiger partial charge in [-0.3, -0.25) is 14.4 Å². The summed E-state index contributed by atoms with van der Waals surface area (Å²) in [7, 11) is 1.48. The van der Waals surface area contributed by atoms with Gasteiger partial charge in [-0.2, -0.15) is 0 Å². The van der Waals surface area contributed by atoms with Crippen molar-refractivity contribution in [2.24, 2.45) is 50.2 Å². The lowest BCUT2D eigenvalue weighted by Gasteiger charge is -2.70. The molecule has 0 spiro atoms. The maximum atomic E-state index is 13.7. The fraction of sp³-hybridized carbons (Fsp3) is 0.848. The Bertz CT molecular complexity index is 1100. The lowest BCUT2D eigenvalue weighted by Crippen LogP contribution is -2.67. The molecule has 0 saturated heterocycles. The van der Waals surface area contributed by atoms with Gasteiger partial charge in [0, 0.05) is 12.3 Å². The van der Waals surface area contributed by atoms with Gasteiger partial charge in [0.25, 0.3) is 0 Å². The number of carbonyl (C=O) groups excluding carboxylic acids is 2.